The third-order valence-corrected chi connectivity index (χ3v) is 7.09. The van der Waals surface area contributed by atoms with Crippen LogP contribution in [0.25, 0.3) is 33.2 Å². The van der Waals surface area contributed by atoms with Gasteiger partial charge in [-0.25, -0.2) is 9.37 Å². The molecule has 6 aromatic rings. The van der Waals surface area contributed by atoms with Crippen LogP contribution in [0.5, 0.6) is 11.5 Å². The molecule has 2 N–H and O–H groups in total. The molecule has 7 rings (SSSR count). The highest BCUT2D eigenvalue weighted by molar-refractivity contribution is 6.02. The lowest BCUT2D eigenvalue weighted by atomic mass is 10.1. The second kappa shape index (κ2) is 10.1. The van der Waals surface area contributed by atoms with Gasteiger partial charge >= 0.3 is 0 Å². The van der Waals surface area contributed by atoms with Gasteiger partial charge in [-0.1, -0.05) is 12.1 Å². The third kappa shape index (κ3) is 4.79. The van der Waals surface area contributed by atoms with Gasteiger partial charge in [0.25, 0.3) is 5.91 Å². The van der Waals surface area contributed by atoms with Gasteiger partial charge in [0.15, 0.2) is 5.69 Å². The van der Waals surface area contributed by atoms with Crippen LogP contribution in [0.3, 0.4) is 0 Å². The van der Waals surface area contributed by atoms with Crippen molar-refractivity contribution in [3.8, 4) is 33.8 Å². The van der Waals surface area contributed by atoms with Crippen LogP contribution in [0.2, 0.25) is 0 Å². The van der Waals surface area contributed by atoms with E-state index in [2.05, 4.69) is 30.7 Å². The lowest BCUT2D eigenvalue weighted by Crippen LogP contribution is -2.27. The number of hydrogen-bond acceptors (Lipinski definition) is 7. The molecule has 1 amide bonds. The first kappa shape index (κ1) is 25.3. The second-order valence-corrected chi connectivity index (χ2v) is 10.0. The molecular weight excluding hydrogens is 539 g/mol. The minimum atomic E-state index is -0.691. The maximum Gasteiger partial charge on any atom is 0.281 e. The Kier molecular flexibility index (Phi) is 6.07. The third-order valence-electron chi connectivity index (χ3n) is 7.09. The Labute approximate surface area is 237 Å². The van der Waals surface area contributed by atoms with Gasteiger partial charge in [0.05, 0.1) is 30.1 Å². The summed E-state index contributed by atoms with van der Waals surface area (Å²) in [5.41, 5.74) is 2.57. The van der Waals surface area contributed by atoms with Crippen LogP contribution in [0.15, 0.2) is 84.3 Å². The van der Waals surface area contributed by atoms with Crippen molar-refractivity contribution in [2.75, 3.05) is 5.32 Å². The molecule has 12 heteroatoms. The predicted molar refractivity (Wildman–Crippen MR) is 153 cm³/mol. The number of ether oxygens (including phenoxy) is 1. The summed E-state index contributed by atoms with van der Waals surface area (Å²) in [6.45, 7) is 0. The summed E-state index contributed by atoms with van der Waals surface area (Å²) in [6, 6.07) is 12.8. The molecule has 0 bridgehead atoms. The monoisotopic (exact) mass is 562 g/mol. The topological polar surface area (TPSA) is 133 Å². The molecule has 0 unspecified atom stereocenters. The molecular formula is C30H23FN8O3. The van der Waals surface area contributed by atoms with Crippen LogP contribution in [0.4, 0.5) is 10.2 Å². The fourth-order valence-corrected chi connectivity index (χ4v) is 4.72. The summed E-state index contributed by atoms with van der Waals surface area (Å²) in [5, 5.41) is 19.1. The number of anilines is 1. The van der Waals surface area contributed by atoms with Crippen LogP contribution in [-0.2, 0) is 7.05 Å². The summed E-state index contributed by atoms with van der Waals surface area (Å²) >= 11 is 0. The average molecular weight is 563 g/mol. The first-order chi connectivity index (χ1) is 20.4. The van der Waals surface area contributed by atoms with E-state index in [0.29, 0.717) is 17.1 Å². The van der Waals surface area contributed by atoms with E-state index in [-0.39, 0.29) is 23.1 Å². The molecule has 1 aliphatic rings. The van der Waals surface area contributed by atoms with Gasteiger partial charge in [-0.2, -0.15) is 15.3 Å². The quantitative estimate of drug-likeness (QED) is 0.277. The number of aromatic nitrogens is 7. The van der Waals surface area contributed by atoms with Crippen molar-refractivity contribution < 1.29 is 13.9 Å². The minimum Gasteiger partial charge on any atom is -0.455 e. The SMILES string of the molecule is Cn1ncc2cc(Oc3ccc(NC(=O)c4nn(C5CC5)cc(-c5ccc(F)cc5)c4=O)nc3)c(-c3cn[nH]c3)cc21. The fraction of sp³-hybridized carbons (Fsp3) is 0.133. The zero-order valence-corrected chi connectivity index (χ0v) is 22.3. The number of benzene rings is 2. The van der Waals surface area contributed by atoms with Crippen molar-refractivity contribution in [1.82, 2.24) is 34.7 Å². The van der Waals surface area contributed by atoms with Crippen molar-refractivity contribution in [2.24, 2.45) is 7.05 Å². The summed E-state index contributed by atoms with van der Waals surface area (Å²) in [4.78, 5) is 30.8. The number of rotatable bonds is 7. The van der Waals surface area contributed by atoms with E-state index in [1.807, 2.05) is 19.2 Å². The molecule has 4 aromatic heterocycles. The molecule has 0 spiro atoms. The first-order valence-corrected chi connectivity index (χ1v) is 13.2. The summed E-state index contributed by atoms with van der Waals surface area (Å²) < 4.78 is 23.1. The first-order valence-electron chi connectivity index (χ1n) is 13.2. The predicted octanol–water partition coefficient (Wildman–Crippen LogP) is 5.10. The molecule has 0 aliphatic heterocycles. The highest BCUT2D eigenvalue weighted by Gasteiger charge is 2.27. The van der Waals surface area contributed by atoms with Crippen LogP contribution in [-0.4, -0.2) is 40.6 Å². The number of halogens is 1. The van der Waals surface area contributed by atoms with Crippen molar-refractivity contribution in [3.05, 3.63) is 101 Å². The molecule has 42 heavy (non-hydrogen) atoms. The van der Waals surface area contributed by atoms with Crippen molar-refractivity contribution in [1.29, 1.82) is 0 Å². The highest BCUT2D eigenvalue weighted by Crippen LogP contribution is 2.37. The van der Waals surface area contributed by atoms with E-state index in [0.717, 1.165) is 34.9 Å². The normalized spacial score (nSPS) is 12.9. The molecule has 2 aromatic carbocycles. The molecule has 11 nitrogen and oxygen atoms in total. The average Bonchev–Trinajstić information content (AvgIpc) is 3.58. The number of nitrogens with one attached hydrogen (secondary N) is 2. The Morgan fingerprint density at radius 1 is 1.05 bits per heavy atom. The number of amides is 1. The number of fused-ring (bicyclic) bond motifs is 1. The smallest absolute Gasteiger partial charge is 0.281 e. The molecule has 0 saturated heterocycles. The lowest BCUT2D eigenvalue weighted by molar-refractivity contribution is 0.101. The van der Waals surface area contributed by atoms with Gasteiger partial charge in [0, 0.05) is 41.5 Å². The number of hydrogen-bond donors (Lipinski definition) is 2. The Morgan fingerprint density at radius 2 is 1.88 bits per heavy atom. The number of carbonyl (C=O) groups excluding carboxylic acids is 1. The molecule has 0 radical (unpaired) electrons. The highest BCUT2D eigenvalue weighted by atomic mass is 19.1. The van der Waals surface area contributed by atoms with Crippen LogP contribution in [0.1, 0.15) is 29.4 Å². The van der Waals surface area contributed by atoms with E-state index >= 15 is 0 Å². The molecule has 1 aliphatic carbocycles. The van der Waals surface area contributed by atoms with Crippen LogP contribution < -0.4 is 15.5 Å². The number of H-pyrrole nitrogens is 1. The van der Waals surface area contributed by atoms with Crippen molar-refractivity contribution in [2.45, 2.75) is 18.9 Å². The Hall–Kier alpha value is -5.65. The number of carbonyl (C=O) groups is 1. The maximum atomic E-state index is 13.5. The Morgan fingerprint density at radius 3 is 2.60 bits per heavy atom. The summed E-state index contributed by atoms with van der Waals surface area (Å²) in [6.07, 6.45) is 10.1. The number of aryl methyl sites for hydroxylation is 1. The van der Waals surface area contributed by atoms with E-state index in [4.69, 9.17) is 4.74 Å². The minimum absolute atomic E-state index is 0.115. The standard InChI is InChI=1S/C30H23FN8O3/c1-38-25-11-23(19-12-33-34-13-19)26(10-18(25)14-35-38)42-22-8-9-27(32-15-22)36-30(41)28-29(40)24(16-39(37-28)21-6-7-21)17-2-4-20(31)5-3-17/h2-5,8-16,21H,6-7H2,1H3,(H,33,34)(H,32,36,41). The largest absolute Gasteiger partial charge is 0.455 e. The number of pyridine rings is 1. The zero-order chi connectivity index (χ0) is 28.8. The maximum absolute atomic E-state index is 13.5. The van der Waals surface area contributed by atoms with E-state index < -0.39 is 17.2 Å². The van der Waals surface area contributed by atoms with Gasteiger partial charge in [0.1, 0.15) is 23.1 Å². The molecule has 1 saturated carbocycles. The number of nitrogens with zero attached hydrogens (tertiary/aromatic N) is 6. The van der Waals surface area contributed by atoms with E-state index in [9.17, 15) is 14.0 Å². The lowest BCUT2D eigenvalue weighted by Gasteiger charge is -2.12. The fourth-order valence-electron chi connectivity index (χ4n) is 4.72. The van der Waals surface area contributed by atoms with E-state index in [1.165, 1.54) is 30.5 Å². The number of aromatic amines is 1. The van der Waals surface area contributed by atoms with Gasteiger partial charge < -0.3 is 10.1 Å². The summed E-state index contributed by atoms with van der Waals surface area (Å²) in [5.74, 6) is 0.133. The zero-order valence-electron chi connectivity index (χ0n) is 22.3. The molecule has 208 valence electrons. The molecule has 0 atom stereocenters. The summed E-state index contributed by atoms with van der Waals surface area (Å²) in [7, 11) is 1.87. The van der Waals surface area contributed by atoms with Crippen LogP contribution >= 0.6 is 0 Å². The second-order valence-electron chi connectivity index (χ2n) is 10.0. The Bertz CT molecular complexity index is 1990. The molecule has 4 heterocycles. The molecule has 1 fully saturated rings. The van der Waals surface area contributed by atoms with Gasteiger partial charge in [-0.3, -0.25) is 24.1 Å². The van der Waals surface area contributed by atoms with Crippen molar-refractivity contribution in [3.63, 3.8) is 0 Å². The van der Waals surface area contributed by atoms with Gasteiger partial charge in [-0.15, -0.1) is 0 Å². The van der Waals surface area contributed by atoms with Crippen LogP contribution in [0, 0.1) is 5.82 Å². The van der Waals surface area contributed by atoms with Gasteiger partial charge in [0.2, 0.25) is 5.43 Å². The van der Waals surface area contributed by atoms with E-state index in [1.54, 1.807) is 46.3 Å². The Balaban J connectivity index is 1.15. The van der Waals surface area contributed by atoms with Gasteiger partial charge in [-0.05, 0) is 54.8 Å². The van der Waals surface area contributed by atoms with Crippen molar-refractivity contribution >= 4 is 22.6 Å².